The van der Waals surface area contributed by atoms with Crippen LogP contribution in [0.2, 0.25) is 0 Å². The first kappa shape index (κ1) is 61.9. The Kier molecular flexibility index (Phi) is 44.6. The first-order chi connectivity index (χ1) is 31.0. The summed E-state index contributed by atoms with van der Waals surface area (Å²) in [4.78, 5) is 23.1. The number of carbonyl (C=O) groups excluding carboxylic acids is 1. The highest BCUT2D eigenvalue weighted by Crippen LogP contribution is 2.43. The number of nitrogens with one attached hydrogen (secondary N) is 1. The first-order valence-corrected chi connectivity index (χ1v) is 27.8. The Morgan fingerprint density at radius 2 is 0.953 bits per heavy atom. The number of nitrogens with zero attached hydrogens (tertiary/aromatic N) is 1. The van der Waals surface area contributed by atoms with Crippen molar-refractivity contribution in [2.24, 2.45) is 0 Å². The van der Waals surface area contributed by atoms with Crippen LogP contribution in [-0.2, 0) is 18.4 Å². The van der Waals surface area contributed by atoms with Crippen molar-refractivity contribution in [1.29, 1.82) is 0 Å². The van der Waals surface area contributed by atoms with E-state index in [-0.39, 0.29) is 25.5 Å². The maximum Gasteiger partial charge on any atom is 0.472 e. The second-order valence-corrected chi connectivity index (χ2v) is 20.3. The summed E-state index contributed by atoms with van der Waals surface area (Å²) in [5, 5.41) is 13.8. The number of allylic oxidation sites excluding steroid dienone is 11. The van der Waals surface area contributed by atoms with E-state index >= 15 is 0 Å². The zero-order chi connectivity index (χ0) is 47.1. The number of quaternary nitrogens is 1. The summed E-state index contributed by atoms with van der Waals surface area (Å²) in [7, 11) is 1.50. The second kappa shape index (κ2) is 46.1. The van der Waals surface area contributed by atoms with Crippen LogP contribution in [0.15, 0.2) is 72.9 Å². The van der Waals surface area contributed by atoms with E-state index in [1.807, 2.05) is 39.4 Å². The van der Waals surface area contributed by atoms with Crippen LogP contribution in [0.3, 0.4) is 0 Å². The van der Waals surface area contributed by atoms with Crippen LogP contribution in [0.4, 0.5) is 0 Å². The Balaban J connectivity index is 4.26. The number of carbonyl (C=O) groups is 1. The summed E-state index contributed by atoms with van der Waals surface area (Å²) < 4.78 is 23.5. The Bertz CT molecular complexity index is 1270. The molecule has 0 aromatic heterocycles. The van der Waals surface area contributed by atoms with Gasteiger partial charge in [0.1, 0.15) is 13.2 Å². The van der Waals surface area contributed by atoms with Crippen LogP contribution in [0, 0.1) is 0 Å². The maximum absolute atomic E-state index is 12.8. The SMILES string of the molecule is CC/C=C\C/C=C\C/C=C\C/C=C\CCC(=O)NC(COP(=O)(O)OCC[N+](C)(C)C)C(O)/C=C/CC/C=C/CCCCCCCCCCCCCCCCCCCCCCCCC. The summed E-state index contributed by atoms with van der Waals surface area (Å²) in [5.74, 6) is -0.268. The Hall–Kier alpha value is -2.06. The van der Waals surface area contributed by atoms with Gasteiger partial charge in [-0.25, -0.2) is 4.57 Å². The van der Waals surface area contributed by atoms with E-state index in [0.29, 0.717) is 17.4 Å². The van der Waals surface area contributed by atoms with E-state index in [0.717, 1.165) is 44.9 Å². The van der Waals surface area contributed by atoms with Gasteiger partial charge in [-0.3, -0.25) is 13.8 Å². The summed E-state index contributed by atoms with van der Waals surface area (Å²) in [6.07, 6.45) is 63.3. The average Bonchev–Trinajstić information content (AvgIpc) is 3.25. The molecule has 3 unspecified atom stereocenters. The van der Waals surface area contributed by atoms with Gasteiger partial charge in [-0.05, 0) is 57.8 Å². The summed E-state index contributed by atoms with van der Waals surface area (Å²) in [5.41, 5.74) is 0. The summed E-state index contributed by atoms with van der Waals surface area (Å²) in [6, 6.07) is -0.905. The Labute approximate surface area is 395 Å². The molecule has 3 N–H and O–H groups in total. The molecule has 372 valence electrons. The summed E-state index contributed by atoms with van der Waals surface area (Å²) in [6.45, 7) is 4.62. The van der Waals surface area contributed by atoms with Crippen molar-refractivity contribution in [2.45, 2.75) is 231 Å². The quantitative estimate of drug-likeness (QED) is 0.0243. The zero-order valence-corrected chi connectivity index (χ0v) is 43.1. The van der Waals surface area contributed by atoms with Crippen LogP contribution in [0.1, 0.15) is 219 Å². The number of unbranched alkanes of at least 4 members (excludes halogenated alkanes) is 24. The van der Waals surface area contributed by atoms with Gasteiger partial charge in [0, 0.05) is 6.42 Å². The van der Waals surface area contributed by atoms with Crippen LogP contribution >= 0.6 is 7.82 Å². The molecule has 1 amide bonds. The first-order valence-electron chi connectivity index (χ1n) is 26.3. The number of likely N-dealkylation sites (N-methyl/N-ethyl adjacent to an activating group) is 1. The van der Waals surface area contributed by atoms with Crippen LogP contribution in [0.5, 0.6) is 0 Å². The van der Waals surface area contributed by atoms with Crippen LogP contribution in [0.25, 0.3) is 0 Å². The fraction of sp³-hybridized carbons (Fsp3) is 0.764. The van der Waals surface area contributed by atoms with Crippen molar-refractivity contribution < 1.29 is 32.9 Å². The van der Waals surface area contributed by atoms with Crippen molar-refractivity contribution in [3.8, 4) is 0 Å². The predicted octanol–water partition coefficient (Wildman–Crippen LogP) is 15.5. The van der Waals surface area contributed by atoms with Gasteiger partial charge >= 0.3 is 7.82 Å². The molecule has 0 aromatic carbocycles. The molecular weight excluding hydrogens is 816 g/mol. The minimum atomic E-state index is -4.37. The number of aliphatic hydroxyl groups is 1. The third-order valence-corrected chi connectivity index (χ3v) is 12.4. The molecule has 0 aliphatic heterocycles. The molecule has 0 saturated carbocycles. The van der Waals surface area contributed by atoms with E-state index in [4.69, 9.17) is 9.05 Å². The smallest absolute Gasteiger partial charge is 0.387 e. The predicted molar refractivity (Wildman–Crippen MR) is 276 cm³/mol. The minimum absolute atomic E-state index is 0.0405. The van der Waals surface area contributed by atoms with Crippen LogP contribution < -0.4 is 5.32 Å². The molecule has 0 fully saturated rings. The van der Waals surface area contributed by atoms with Gasteiger partial charge in [-0.1, -0.05) is 228 Å². The summed E-state index contributed by atoms with van der Waals surface area (Å²) >= 11 is 0. The molecule has 8 nitrogen and oxygen atoms in total. The molecule has 0 rings (SSSR count). The molecule has 0 aliphatic carbocycles. The number of aliphatic hydroxyl groups excluding tert-OH is 1. The molecule has 0 radical (unpaired) electrons. The number of phosphoric acid groups is 1. The largest absolute Gasteiger partial charge is 0.472 e. The Morgan fingerprint density at radius 3 is 1.42 bits per heavy atom. The standard InChI is InChI=1S/C55H101N2O6P/c1-6-8-10-12-14-16-18-20-21-22-23-24-25-26-27-28-29-30-31-32-33-34-35-37-38-40-42-44-46-48-54(58)53(52-63-64(60,61)62-51-50-57(3,4)5)56-55(59)49-47-45-43-41-39-36-19-17-15-13-11-9-7-2/h9,11,15,17,36,38-40,43,45-46,48,53-54,58H,6-8,10,12-14,16,18-35,37,41-42,44,47,49-52H2,1-5H3,(H-,56,59,60,61)/p+1/b11-9-,17-15-,39-36-,40-38+,45-43-,48-46+. The third kappa shape index (κ3) is 47.9. The third-order valence-electron chi connectivity index (χ3n) is 11.4. The normalized spacial score (nSPS) is 14.7. The monoisotopic (exact) mass is 918 g/mol. The average molecular weight is 918 g/mol. The maximum atomic E-state index is 12.8. The molecule has 0 aliphatic rings. The highest BCUT2D eigenvalue weighted by Gasteiger charge is 2.27. The highest BCUT2D eigenvalue weighted by atomic mass is 31.2. The molecule has 64 heavy (non-hydrogen) atoms. The van der Waals surface area contributed by atoms with E-state index < -0.39 is 20.0 Å². The van der Waals surface area contributed by atoms with Crippen molar-refractivity contribution in [1.82, 2.24) is 5.32 Å². The molecule has 3 atom stereocenters. The lowest BCUT2D eigenvalue weighted by Gasteiger charge is -2.25. The minimum Gasteiger partial charge on any atom is -0.387 e. The van der Waals surface area contributed by atoms with E-state index in [9.17, 15) is 19.4 Å². The lowest BCUT2D eigenvalue weighted by Crippen LogP contribution is -2.45. The molecule has 9 heteroatoms. The Morgan fingerprint density at radius 1 is 0.547 bits per heavy atom. The van der Waals surface area contributed by atoms with Gasteiger partial charge in [-0.2, -0.15) is 0 Å². The molecule has 0 bridgehead atoms. The second-order valence-electron chi connectivity index (χ2n) is 18.9. The van der Waals surface area contributed by atoms with E-state index in [1.54, 1.807) is 6.08 Å². The van der Waals surface area contributed by atoms with Crippen LogP contribution in [-0.4, -0.2) is 73.4 Å². The lowest BCUT2D eigenvalue weighted by molar-refractivity contribution is -0.870. The number of rotatable bonds is 47. The zero-order valence-electron chi connectivity index (χ0n) is 42.3. The number of amides is 1. The van der Waals surface area contributed by atoms with Gasteiger partial charge in [0.05, 0.1) is 39.9 Å². The highest BCUT2D eigenvalue weighted by molar-refractivity contribution is 7.47. The molecular formula is C55H102N2O6P+. The molecule has 0 heterocycles. The fourth-order valence-corrected chi connectivity index (χ4v) is 8.04. The number of hydrogen-bond acceptors (Lipinski definition) is 5. The van der Waals surface area contributed by atoms with Crippen molar-refractivity contribution in [2.75, 3.05) is 40.9 Å². The topological polar surface area (TPSA) is 105 Å². The van der Waals surface area contributed by atoms with Crippen molar-refractivity contribution in [3.63, 3.8) is 0 Å². The molecule has 0 aromatic rings. The van der Waals surface area contributed by atoms with Gasteiger partial charge < -0.3 is 19.8 Å². The van der Waals surface area contributed by atoms with Gasteiger partial charge in [0.2, 0.25) is 5.91 Å². The van der Waals surface area contributed by atoms with Gasteiger partial charge in [0.15, 0.2) is 0 Å². The molecule has 0 saturated heterocycles. The fourth-order valence-electron chi connectivity index (χ4n) is 7.30. The van der Waals surface area contributed by atoms with E-state index in [1.165, 1.54) is 148 Å². The number of phosphoric ester groups is 1. The van der Waals surface area contributed by atoms with E-state index in [2.05, 4.69) is 67.8 Å². The van der Waals surface area contributed by atoms with Crippen molar-refractivity contribution >= 4 is 13.7 Å². The van der Waals surface area contributed by atoms with Crippen molar-refractivity contribution in [3.05, 3.63) is 72.9 Å². The molecule has 0 spiro atoms. The lowest BCUT2D eigenvalue weighted by atomic mass is 10.0. The number of hydrogen-bond donors (Lipinski definition) is 3. The van der Waals surface area contributed by atoms with Gasteiger partial charge in [-0.15, -0.1) is 0 Å². The van der Waals surface area contributed by atoms with Gasteiger partial charge in [0.25, 0.3) is 0 Å².